The maximum atomic E-state index is 10.0. The van der Waals surface area contributed by atoms with Crippen molar-refractivity contribution in [3.05, 3.63) is 23.0 Å². The molecule has 2 aromatic rings. The standard InChI is InChI=1S/C16H20ClNO2S/c1-16(2,3)15-18-10-8-7-9(17)14(13(10)20-15)21-12-6-4-5-11(12)19/h7-8,11-12,19H,4-6H2,1-3H3/t11-,12-/m1/s1. The highest BCUT2D eigenvalue weighted by atomic mass is 35.5. The third-order valence-electron chi connectivity index (χ3n) is 3.79. The van der Waals surface area contributed by atoms with E-state index in [1.807, 2.05) is 12.1 Å². The van der Waals surface area contributed by atoms with Crippen LogP contribution in [0.1, 0.15) is 45.9 Å². The fourth-order valence-corrected chi connectivity index (χ4v) is 4.17. The largest absolute Gasteiger partial charge is 0.439 e. The molecule has 0 aliphatic heterocycles. The van der Waals surface area contributed by atoms with Crippen LogP contribution in [0.15, 0.2) is 21.4 Å². The van der Waals surface area contributed by atoms with Gasteiger partial charge in [0.2, 0.25) is 5.89 Å². The smallest absolute Gasteiger partial charge is 0.200 e. The van der Waals surface area contributed by atoms with E-state index >= 15 is 0 Å². The van der Waals surface area contributed by atoms with Gasteiger partial charge in [-0.15, -0.1) is 11.8 Å². The van der Waals surface area contributed by atoms with E-state index in [2.05, 4.69) is 25.8 Å². The number of benzene rings is 1. The van der Waals surface area contributed by atoms with Gasteiger partial charge in [-0.3, -0.25) is 0 Å². The predicted molar refractivity (Wildman–Crippen MR) is 87.2 cm³/mol. The van der Waals surface area contributed by atoms with E-state index in [4.69, 9.17) is 16.0 Å². The molecular weight excluding hydrogens is 306 g/mol. The average Bonchev–Trinajstić information content (AvgIpc) is 2.99. The Bertz CT molecular complexity index is 662. The van der Waals surface area contributed by atoms with Crippen LogP contribution in [-0.2, 0) is 5.41 Å². The molecule has 1 aliphatic rings. The summed E-state index contributed by atoms with van der Waals surface area (Å²) in [6, 6.07) is 3.76. The van der Waals surface area contributed by atoms with Crippen LogP contribution in [0.2, 0.25) is 5.02 Å². The molecule has 1 aromatic heterocycles. The van der Waals surface area contributed by atoms with Gasteiger partial charge < -0.3 is 9.52 Å². The summed E-state index contributed by atoms with van der Waals surface area (Å²) in [7, 11) is 0. The van der Waals surface area contributed by atoms with Crippen molar-refractivity contribution < 1.29 is 9.52 Å². The summed E-state index contributed by atoms with van der Waals surface area (Å²) in [5, 5.41) is 10.9. The zero-order chi connectivity index (χ0) is 15.2. The van der Waals surface area contributed by atoms with Crippen molar-refractivity contribution >= 4 is 34.5 Å². The number of thioether (sulfide) groups is 1. The minimum absolute atomic E-state index is 0.139. The molecule has 0 saturated heterocycles. The SMILES string of the molecule is CC(C)(C)c1nc2ccc(Cl)c(S[C@@H]3CCC[C@H]3O)c2o1. The third kappa shape index (κ3) is 2.94. The van der Waals surface area contributed by atoms with Gasteiger partial charge in [-0.1, -0.05) is 32.4 Å². The highest BCUT2D eigenvalue weighted by Crippen LogP contribution is 2.42. The van der Waals surface area contributed by atoms with E-state index in [1.54, 1.807) is 11.8 Å². The van der Waals surface area contributed by atoms with Crippen LogP contribution in [0.3, 0.4) is 0 Å². The van der Waals surface area contributed by atoms with Gasteiger partial charge in [-0.2, -0.15) is 0 Å². The van der Waals surface area contributed by atoms with E-state index < -0.39 is 0 Å². The molecule has 1 aromatic carbocycles. The number of hydrogen-bond acceptors (Lipinski definition) is 4. The normalized spacial score (nSPS) is 23.1. The first-order valence-electron chi connectivity index (χ1n) is 7.30. The zero-order valence-corrected chi connectivity index (χ0v) is 14.1. The number of fused-ring (bicyclic) bond motifs is 1. The zero-order valence-electron chi connectivity index (χ0n) is 12.5. The van der Waals surface area contributed by atoms with E-state index in [0.717, 1.165) is 35.3 Å². The second-order valence-electron chi connectivity index (χ2n) is 6.65. The Morgan fingerprint density at radius 3 is 2.71 bits per heavy atom. The van der Waals surface area contributed by atoms with Crippen LogP contribution in [0.5, 0.6) is 0 Å². The molecule has 1 aliphatic carbocycles. The first-order valence-corrected chi connectivity index (χ1v) is 8.56. The van der Waals surface area contributed by atoms with Crippen molar-refractivity contribution in [3.8, 4) is 0 Å². The lowest BCUT2D eigenvalue weighted by Crippen LogP contribution is -2.14. The summed E-state index contributed by atoms with van der Waals surface area (Å²) in [5.74, 6) is 0.716. The number of halogens is 1. The van der Waals surface area contributed by atoms with Gasteiger partial charge in [0, 0.05) is 10.7 Å². The number of rotatable bonds is 2. The van der Waals surface area contributed by atoms with Crippen LogP contribution < -0.4 is 0 Å². The van der Waals surface area contributed by atoms with Crippen molar-refractivity contribution in [2.75, 3.05) is 0 Å². The summed E-state index contributed by atoms with van der Waals surface area (Å²) in [6.45, 7) is 6.23. The van der Waals surface area contributed by atoms with Crippen LogP contribution in [0, 0.1) is 0 Å². The highest BCUT2D eigenvalue weighted by molar-refractivity contribution is 8.00. The second-order valence-corrected chi connectivity index (χ2v) is 8.30. The Balaban J connectivity index is 2.03. The minimum atomic E-state index is -0.258. The maximum absolute atomic E-state index is 10.0. The van der Waals surface area contributed by atoms with E-state index in [1.165, 1.54) is 0 Å². The highest BCUT2D eigenvalue weighted by Gasteiger charge is 2.29. The molecule has 5 heteroatoms. The average molecular weight is 326 g/mol. The topological polar surface area (TPSA) is 46.3 Å². The third-order valence-corrected chi connectivity index (χ3v) is 5.71. The Kier molecular flexibility index (Phi) is 3.97. The molecule has 0 spiro atoms. The molecule has 114 valence electrons. The molecular formula is C16H20ClNO2S. The molecule has 0 bridgehead atoms. The molecule has 3 nitrogen and oxygen atoms in total. The number of oxazole rings is 1. The second kappa shape index (κ2) is 5.49. The molecule has 1 fully saturated rings. The van der Waals surface area contributed by atoms with Gasteiger partial charge in [0.15, 0.2) is 5.58 Å². The number of aliphatic hydroxyl groups is 1. The molecule has 3 rings (SSSR count). The lowest BCUT2D eigenvalue weighted by Gasteiger charge is -2.15. The van der Waals surface area contributed by atoms with Crippen LogP contribution in [-0.4, -0.2) is 21.4 Å². The fraction of sp³-hybridized carbons (Fsp3) is 0.562. The van der Waals surface area contributed by atoms with Crippen molar-refractivity contribution in [3.63, 3.8) is 0 Å². The summed E-state index contributed by atoms with van der Waals surface area (Å²) in [6.07, 6.45) is 2.69. The summed E-state index contributed by atoms with van der Waals surface area (Å²) < 4.78 is 5.99. The van der Waals surface area contributed by atoms with Gasteiger partial charge in [0.05, 0.1) is 16.0 Å². The molecule has 0 amide bonds. The summed E-state index contributed by atoms with van der Waals surface area (Å²) in [4.78, 5) is 5.48. The first kappa shape index (κ1) is 15.2. The van der Waals surface area contributed by atoms with Gasteiger partial charge in [-0.25, -0.2) is 4.98 Å². The summed E-state index contributed by atoms with van der Waals surface area (Å²) in [5.41, 5.74) is 1.44. The lowest BCUT2D eigenvalue weighted by atomic mass is 9.97. The molecule has 0 unspecified atom stereocenters. The summed E-state index contributed by atoms with van der Waals surface area (Å²) >= 11 is 7.99. The quantitative estimate of drug-likeness (QED) is 0.862. The van der Waals surface area contributed by atoms with Gasteiger partial charge >= 0.3 is 0 Å². The predicted octanol–water partition coefficient (Wildman–Crippen LogP) is 4.78. The molecule has 2 atom stereocenters. The van der Waals surface area contributed by atoms with E-state index in [9.17, 15) is 5.11 Å². The van der Waals surface area contributed by atoms with Gasteiger partial charge in [0.25, 0.3) is 0 Å². The minimum Gasteiger partial charge on any atom is -0.439 e. The van der Waals surface area contributed by atoms with Crippen molar-refractivity contribution in [2.45, 2.75) is 61.7 Å². The Morgan fingerprint density at radius 1 is 1.33 bits per heavy atom. The molecule has 1 N–H and O–H groups in total. The number of hydrogen-bond donors (Lipinski definition) is 1. The van der Waals surface area contributed by atoms with E-state index in [-0.39, 0.29) is 16.8 Å². The Labute approximate surface area is 134 Å². The molecule has 21 heavy (non-hydrogen) atoms. The van der Waals surface area contributed by atoms with Crippen molar-refractivity contribution in [2.24, 2.45) is 0 Å². The monoisotopic (exact) mass is 325 g/mol. The van der Waals surface area contributed by atoms with Crippen molar-refractivity contribution in [1.82, 2.24) is 4.98 Å². The fourth-order valence-electron chi connectivity index (χ4n) is 2.57. The molecule has 1 heterocycles. The van der Waals surface area contributed by atoms with Crippen LogP contribution in [0.4, 0.5) is 0 Å². The van der Waals surface area contributed by atoms with E-state index in [0.29, 0.717) is 10.9 Å². The maximum Gasteiger partial charge on any atom is 0.200 e. The molecule has 0 radical (unpaired) electrons. The van der Waals surface area contributed by atoms with Gasteiger partial charge in [0.1, 0.15) is 5.52 Å². The number of aliphatic hydroxyl groups excluding tert-OH is 1. The number of nitrogens with zero attached hydrogens (tertiary/aromatic N) is 1. The lowest BCUT2D eigenvalue weighted by molar-refractivity contribution is 0.188. The Morgan fingerprint density at radius 2 is 2.10 bits per heavy atom. The molecule has 1 saturated carbocycles. The van der Waals surface area contributed by atoms with Crippen LogP contribution >= 0.6 is 23.4 Å². The van der Waals surface area contributed by atoms with Crippen LogP contribution in [0.25, 0.3) is 11.1 Å². The van der Waals surface area contributed by atoms with Crippen molar-refractivity contribution in [1.29, 1.82) is 0 Å². The first-order chi connectivity index (χ1) is 9.86. The van der Waals surface area contributed by atoms with Gasteiger partial charge in [-0.05, 0) is 31.4 Å². The Hall–Kier alpha value is -0.710. The number of aromatic nitrogens is 1.